The highest BCUT2D eigenvalue weighted by Gasteiger charge is 2.32. The zero-order chi connectivity index (χ0) is 23.3. The third-order valence-corrected chi connectivity index (χ3v) is 4.86. The quantitative estimate of drug-likeness (QED) is 0.492. The maximum atomic E-state index is 13.2. The van der Waals surface area contributed by atoms with E-state index in [9.17, 15) is 18.0 Å². The van der Waals surface area contributed by atoms with Gasteiger partial charge in [0.25, 0.3) is 5.90 Å². The summed E-state index contributed by atoms with van der Waals surface area (Å²) in [5, 5.41) is 17.1. The smallest absolute Gasteiger partial charge is 0.416 e. The molecule has 1 fully saturated rings. The molecule has 1 aromatic carbocycles. The van der Waals surface area contributed by atoms with Crippen LogP contribution in [-0.4, -0.2) is 53.8 Å². The second-order valence-electron chi connectivity index (χ2n) is 7.26. The van der Waals surface area contributed by atoms with Crippen LogP contribution >= 0.6 is 0 Å². The van der Waals surface area contributed by atoms with Crippen LogP contribution in [0.25, 0.3) is 0 Å². The molecule has 0 spiro atoms. The number of pyridine rings is 1. The molecule has 170 valence electrons. The molecule has 1 saturated heterocycles. The number of nitrogens with zero attached hydrogens (tertiary/aromatic N) is 3. The van der Waals surface area contributed by atoms with Crippen molar-refractivity contribution in [3.8, 4) is 0 Å². The molecule has 0 atom stereocenters. The predicted molar refractivity (Wildman–Crippen MR) is 114 cm³/mol. The molecule has 1 amide bonds. The Bertz CT molecular complexity index is 989. The van der Waals surface area contributed by atoms with Gasteiger partial charge in [0.1, 0.15) is 0 Å². The molecule has 11 heteroatoms. The van der Waals surface area contributed by atoms with E-state index in [4.69, 9.17) is 10.8 Å². The van der Waals surface area contributed by atoms with Gasteiger partial charge in [-0.3, -0.25) is 25.5 Å². The van der Waals surface area contributed by atoms with E-state index in [1.165, 1.54) is 13.0 Å². The van der Waals surface area contributed by atoms with Crippen LogP contribution in [0.3, 0.4) is 0 Å². The molecule has 0 bridgehead atoms. The summed E-state index contributed by atoms with van der Waals surface area (Å²) in [5.74, 6) is -2.29. The lowest BCUT2D eigenvalue weighted by Crippen LogP contribution is -2.46. The summed E-state index contributed by atoms with van der Waals surface area (Å²) in [6, 6.07) is 8.82. The lowest BCUT2D eigenvalue weighted by Gasteiger charge is -2.37. The number of hydrogen-bond acceptors (Lipinski definition) is 7. The fraction of sp³-hybridized carbons (Fsp3) is 0.333. The van der Waals surface area contributed by atoms with Crippen molar-refractivity contribution in [2.24, 2.45) is 0 Å². The Labute approximate surface area is 183 Å². The highest BCUT2D eigenvalue weighted by Crippen LogP contribution is 2.36. The summed E-state index contributed by atoms with van der Waals surface area (Å²) >= 11 is 0. The van der Waals surface area contributed by atoms with E-state index in [-0.39, 0.29) is 11.6 Å². The van der Waals surface area contributed by atoms with Crippen LogP contribution in [0.1, 0.15) is 18.2 Å². The minimum Gasteiger partial charge on any atom is -0.421 e. The maximum Gasteiger partial charge on any atom is 0.416 e. The molecule has 8 nitrogen and oxygen atoms in total. The van der Waals surface area contributed by atoms with Gasteiger partial charge in [-0.05, 0) is 30.3 Å². The van der Waals surface area contributed by atoms with Crippen LogP contribution in [0, 0.1) is 10.8 Å². The van der Waals surface area contributed by atoms with Crippen LogP contribution in [0.2, 0.25) is 0 Å². The molecule has 2 heterocycles. The van der Waals surface area contributed by atoms with Gasteiger partial charge in [0.05, 0.1) is 22.6 Å². The summed E-state index contributed by atoms with van der Waals surface area (Å²) in [6.45, 7) is 4.31. The van der Waals surface area contributed by atoms with Gasteiger partial charge in [0.15, 0.2) is 5.90 Å². The molecule has 3 N–H and O–H groups in total. The molecular formula is C21H23F3N6O2. The fourth-order valence-corrected chi connectivity index (χ4v) is 3.33. The number of halogens is 3. The Morgan fingerprint density at radius 3 is 2.47 bits per heavy atom. The van der Waals surface area contributed by atoms with Gasteiger partial charge >= 0.3 is 12.1 Å². The van der Waals surface area contributed by atoms with Crippen LogP contribution < -0.4 is 10.2 Å². The molecule has 1 aliphatic rings. The molecule has 32 heavy (non-hydrogen) atoms. The van der Waals surface area contributed by atoms with E-state index in [1.54, 1.807) is 6.20 Å². The average molecular weight is 448 g/mol. The van der Waals surface area contributed by atoms with E-state index >= 15 is 0 Å². The maximum absolute atomic E-state index is 13.2. The largest absolute Gasteiger partial charge is 0.421 e. The highest BCUT2D eigenvalue weighted by molar-refractivity contribution is 6.40. The third kappa shape index (κ3) is 6.03. The molecule has 1 aromatic heterocycles. The molecule has 0 aliphatic carbocycles. The zero-order valence-electron chi connectivity index (χ0n) is 17.4. The zero-order valence-corrected chi connectivity index (χ0v) is 17.4. The number of aromatic nitrogens is 1. The molecular weight excluding hydrogens is 425 g/mol. The standard InChI is InChI=1S/C21H23F3N6O2/c1-14(25)32-19(26)20(31)28-17-12-15(21(22,23)24)5-6-18(17)30-10-8-29(9-11-30)13-16-4-2-3-7-27-16/h2-7,12,25-26H,8-11,13H2,1H3,(H,28,31). The van der Waals surface area contributed by atoms with Crippen LogP contribution in [0.5, 0.6) is 0 Å². The number of benzene rings is 1. The van der Waals surface area contributed by atoms with E-state index in [0.717, 1.165) is 17.8 Å². The second-order valence-corrected chi connectivity index (χ2v) is 7.26. The lowest BCUT2D eigenvalue weighted by molar-refractivity contribution is -0.137. The number of nitrogens with one attached hydrogen (secondary N) is 3. The van der Waals surface area contributed by atoms with E-state index < -0.39 is 23.5 Å². The Hall–Kier alpha value is -3.47. The first kappa shape index (κ1) is 23.2. The topological polar surface area (TPSA) is 105 Å². The van der Waals surface area contributed by atoms with Crippen molar-refractivity contribution in [3.63, 3.8) is 0 Å². The summed E-state index contributed by atoms with van der Waals surface area (Å²) in [6.07, 6.45) is -2.86. The highest BCUT2D eigenvalue weighted by atomic mass is 19.4. The lowest BCUT2D eigenvalue weighted by atomic mass is 10.1. The number of hydrogen-bond donors (Lipinski definition) is 3. The van der Waals surface area contributed by atoms with Crippen molar-refractivity contribution < 1.29 is 22.7 Å². The first-order valence-electron chi connectivity index (χ1n) is 9.85. The van der Waals surface area contributed by atoms with Crippen molar-refractivity contribution in [1.82, 2.24) is 9.88 Å². The third-order valence-electron chi connectivity index (χ3n) is 4.86. The normalized spacial score (nSPS) is 14.7. The number of ether oxygens (including phenoxy) is 1. The van der Waals surface area contributed by atoms with Crippen molar-refractivity contribution >= 4 is 29.1 Å². The average Bonchev–Trinajstić information content (AvgIpc) is 2.74. The van der Waals surface area contributed by atoms with E-state index in [0.29, 0.717) is 38.4 Å². The number of carbonyl (C=O) groups excluding carboxylic acids is 1. The van der Waals surface area contributed by atoms with Crippen LogP contribution in [0.4, 0.5) is 24.5 Å². The molecule has 0 saturated carbocycles. The summed E-state index contributed by atoms with van der Waals surface area (Å²) in [7, 11) is 0. The Morgan fingerprint density at radius 2 is 1.88 bits per heavy atom. The minimum absolute atomic E-state index is 0.0704. The van der Waals surface area contributed by atoms with Crippen molar-refractivity contribution in [2.45, 2.75) is 19.6 Å². The van der Waals surface area contributed by atoms with E-state index in [1.807, 2.05) is 23.1 Å². The van der Waals surface area contributed by atoms with Crippen molar-refractivity contribution in [2.75, 3.05) is 36.4 Å². The van der Waals surface area contributed by atoms with Crippen molar-refractivity contribution in [3.05, 3.63) is 53.9 Å². The van der Waals surface area contributed by atoms with Crippen LogP contribution in [0.15, 0.2) is 42.6 Å². The SMILES string of the molecule is CC(=N)OC(=N)C(=O)Nc1cc(C(F)(F)F)ccc1N1CCN(Cc2ccccn2)CC1. The summed E-state index contributed by atoms with van der Waals surface area (Å²) in [4.78, 5) is 20.6. The molecule has 3 rings (SSSR count). The molecule has 0 unspecified atom stereocenters. The Morgan fingerprint density at radius 1 is 1.16 bits per heavy atom. The number of rotatable bonds is 4. The number of amides is 1. The van der Waals surface area contributed by atoms with Gasteiger partial charge < -0.3 is 15.0 Å². The minimum atomic E-state index is -4.59. The summed E-state index contributed by atoms with van der Waals surface area (Å²) in [5.41, 5.74) is 0.367. The number of piperazine rings is 1. The van der Waals surface area contributed by atoms with Gasteiger partial charge in [-0.15, -0.1) is 0 Å². The number of carbonyl (C=O) groups is 1. The summed E-state index contributed by atoms with van der Waals surface area (Å²) < 4.78 is 44.3. The van der Waals surface area contributed by atoms with Crippen molar-refractivity contribution in [1.29, 1.82) is 10.8 Å². The van der Waals surface area contributed by atoms with Crippen LogP contribution in [-0.2, 0) is 22.3 Å². The molecule has 1 aliphatic heterocycles. The fourth-order valence-electron chi connectivity index (χ4n) is 3.33. The first-order valence-corrected chi connectivity index (χ1v) is 9.85. The number of anilines is 2. The van der Waals surface area contributed by atoms with Gasteiger partial charge in [0, 0.05) is 45.8 Å². The van der Waals surface area contributed by atoms with Gasteiger partial charge in [-0.2, -0.15) is 13.2 Å². The van der Waals surface area contributed by atoms with E-state index in [2.05, 4.69) is 19.9 Å². The monoisotopic (exact) mass is 448 g/mol. The molecule has 0 radical (unpaired) electrons. The molecule has 2 aromatic rings. The Balaban J connectivity index is 1.76. The second kappa shape index (κ2) is 9.77. The van der Waals surface area contributed by atoms with Gasteiger partial charge in [-0.25, -0.2) is 0 Å². The first-order chi connectivity index (χ1) is 15.1. The predicted octanol–water partition coefficient (Wildman–Crippen LogP) is 3.35. The Kier molecular flexibility index (Phi) is 7.08. The number of alkyl halides is 3. The van der Waals surface area contributed by atoms with Gasteiger partial charge in [-0.1, -0.05) is 6.07 Å². The van der Waals surface area contributed by atoms with Gasteiger partial charge in [0.2, 0.25) is 0 Å².